The van der Waals surface area contributed by atoms with Crippen molar-refractivity contribution in [2.75, 3.05) is 74.3 Å². The Labute approximate surface area is 357 Å². The van der Waals surface area contributed by atoms with Gasteiger partial charge in [-0.1, -0.05) is 36.3 Å². The standard InChI is InChI=1S/C16H20N6O.C13H19N5.C5H7NO2.CH3I/c1-11-5-7-22(14(23)8-17-2)9-13(11)21(3)16-12-4-6-18-15(12)19-10-20-16;1-9-3-5-14-7-11(9)18(2)13-10-4-6-15-12(10)16-8-17-13;1-3-8-5(7)4-6-2;1-2/h4,6,10-11,13H,5,7-9H2,1,3H3,(H,18,19,20);4,6,8-9,11,14H,3,5,7H2,1-2H3,(H,15,16,17);3-4H2,1H3;1H3/t11-,13+;9-,11+;;/m11../s1/i1D3,3D3,5D2,7D2,9D2,10D,11D,13D;1D3,2D3,3D2,5D2,7D2,8D,9D,11D;;1D. The summed E-state index contributed by atoms with van der Waals surface area (Å²) in [6.07, 6.45) is -7.21. The lowest BCUT2D eigenvalue weighted by Gasteiger charge is -2.41. The first-order chi connectivity index (χ1) is 36.7. The molecule has 6 heterocycles. The number of rotatable bonds is 7. The van der Waals surface area contributed by atoms with Crippen LogP contribution in [-0.4, -0.2) is 123 Å². The van der Waals surface area contributed by atoms with Crippen LogP contribution in [0.5, 0.6) is 0 Å². The first-order valence-corrected chi connectivity index (χ1v) is 15.3. The van der Waals surface area contributed by atoms with Crippen LogP contribution in [0.1, 0.15) is 75.9 Å². The maximum absolute atomic E-state index is 12.9. The molecule has 2 aliphatic heterocycles. The summed E-state index contributed by atoms with van der Waals surface area (Å²) in [7, 11) is 0. The van der Waals surface area contributed by atoms with Crippen molar-refractivity contribution >= 4 is 68.2 Å². The highest BCUT2D eigenvalue weighted by Crippen LogP contribution is 2.29. The highest BCUT2D eigenvalue weighted by Gasteiger charge is 2.33. The number of amides is 1. The summed E-state index contributed by atoms with van der Waals surface area (Å²) >= 11 is 1.96. The molecule has 0 bridgehead atoms. The molecule has 3 N–H and O–H groups in total. The number of halogens is 1. The third-order valence-electron chi connectivity index (χ3n) is 5.83. The fraction of sp³-hybridized carbons (Fsp3) is 0.543. The SMILES string of the molecule is [2H]CI.[2H]c1nc(N(C([2H])([2H])[2H])[C@@]2([2H])C([2H])([2H])N(C(=O)C[N+]#[C-])C([2H])([2H])C([2H])([2H])[C@@]2([2H])C([2H])([2H])[2H])c2cc[nH]c2n1.[2H]c1nc(N(C([2H])([2H])[2H])[C@@]2([2H])C([2H])([2H])NC([2H])([2H])C([2H])([2H])[C@@]2([2H])C([2H])([2H])[2H])c2cc[nH]c2n1.[C-]#[N+]CC(=O)OCC. The molecule has 6 rings (SSSR count). The summed E-state index contributed by atoms with van der Waals surface area (Å²) in [5.41, 5.74) is -0.326. The number of carbonyl (C=O) groups is 2. The van der Waals surface area contributed by atoms with Gasteiger partial charge in [0, 0.05) is 86.1 Å². The van der Waals surface area contributed by atoms with Crippen LogP contribution in [-0.2, 0) is 14.3 Å². The summed E-state index contributed by atoms with van der Waals surface area (Å²) in [5.74, 6) is -12.3. The van der Waals surface area contributed by atoms with Gasteiger partial charge in [-0.05, 0) is 55.0 Å². The summed E-state index contributed by atoms with van der Waals surface area (Å²) in [4.78, 5) is 48.0. The van der Waals surface area contributed by atoms with Gasteiger partial charge < -0.3 is 44.4 Å². The minimum atomic E-state index is -4.29. The van der Waals surface area contributed by atoms with E-state index in [1.54, 1.807) is 12.2 Å². The van der Waals surface area contributed by atoms with Crippen LogP contribution in [0.3, 0.4) is 0 Å². The number of hydrogen-bond donors (Lipinski definition) is 3. The summed E-state index contributed by atoms with van der Waals surface area (Å²) in [5, 5.41) is 1.10. The smallest absolute Gasteiger partial charge is 0.387 e. The molecule has 0 aromatic carbocycles. The van der Waals surface area contributed by atoms with E-state index in [-0.39, 0.29) is 38.4 Å². The van der Waals surface area contributed by atoms with Gasteiger partial charge in [-0.2, -0.15) is 0 Å². The van der Waals surface area contributed by atoms with Gasteiger partial charge in [0.25, 0.3) is 6.54 Å². The van der Waals surface area contributed by atoms with E-state index < -0.39 is 138 Å². The van der Waals surface area contributed by atoms with Crippen molar-refractivity contribution in [3.63, 3.8) is 0 Å². The van der Waals surface area contributed by atoms with Gasteiger partial charge in [-0.25, -0.2) is 37.9 Å². The van der Waals surface area contributed by atoms with Crippen LogP contribution in [0, 0.1) is 24.9 Å². The number of fused-ring (bicyclic) bond motifs is 2. The van der Waals surface area contributed by atoms with E-state index in [1.165, 1.54) is 18.5 Å². The number of nitrogens with one attached hydrogen (secondary N) is 3. The number of aromatic nitrogens is 6. The topological polar surface area (TPSA) is 157 Å². The zero-order chi connectivity index (χ0) is 64.2. The molecule has 4 atom stereocenters. The van der Waals surface area contributed by atoms with E-state index in [2.05, 4.69) is 44.3 Å². The molecule has 1 amide bonds. The zero-order valence-electron chi connectivity index (χ0n) is 57.3. The number of aromatic amines is 2. The number of likely N-dealkylation sites (tertiary alicyclic amines) is 1. The molecule has 0 spiro atoms. The second kappa shape index (κ2) is 21.0. The molecule has 15 nitrogen and oxygen atoms in total. The number of carbonyl (C=O) groups excluding carboxylic acids is 2. The highest BCUT2D eigenvalue weighted by molar-refractivity contribution is 14.1. The second-order valence-electron chi connectivity index (χ2n) is 8.91. The Kier molecular flexibility index (Phi) is 6.25. The second-order valence-corrected chi connectivity index (χ2v) is 8.91. The first-order valence-electron chi connectivity index (χ1n) is 29.5. The predicted octanol–water partition coefficient (Wildman–Crippen LogP) is 4.46. The van der Waals surface area contributed by atoms with Gasteiger partial charge in [-0.15, -0.1) is 0 Å². The van der Waals surface area contributed by atoms with E-state index in [9.17, 15) is 11.0 Å². The number of esters is 1. The van der Waals surface area contributed by atoms with Gasteiger partial charge in [0.05, 0.1) is 28.9 Å². The van der Waals surface area contributed by atoms with Crippen LogP contribution in [0.4, 0.5) is 11.6 Å². The van der Waals surface area contributed by atoms with Gasteiger partial charge >= 0.3 is 18.4 Å². The Balaban J connectivity index is 0.000000366. The number of nitrogens with zero attached hydrogens (tertiary/aromatic N) is 9. The normalized spacial score (nSPS) is 41.0. The number of alkyl halides is 1. The number of H-pyrrole nitrogens is 2. The van der Waals surface area contributed by atoms with Crippen molar-refractivity contribution < 1.29 is 56.8 Å². The van der Waals surface area contributed by atoms with Crippen molar-refractivity contribution in [1.29, 1.82) is 0 Å². The fourth-order valence-electron chi connectivity index (χ4n) is 3.72. The average Bonchev–Trinajstić information content (AvgIpc) is 3.58. The van der Waals surface area contributed by atoms with Crippen molar-refractivity contribution in [2.24, 2.45) is 11.8 Å². The molecule has 274 valence electrons. The van der Waals surface area contributed by atoms with Gasteiger partial charge in [0.2, 0.25) is 0 Å². The van der Waals surface area contributed by atoms with Crippen molar-refractivity contribution in [3.05, 3.63) is 60.0 Å². The Morgan fingerprint density at radius 1 is 1.02 bits per heavy atom. The van der Waals surface area contributed by atoms with Crippen LogP contribution < -0.4 is 15.1 Å². The van der Waals surface area contributed by atoms with Crippen LogP contribution in [0.2, 0.25) is 0 Å². The number of likely N-dealkylation sites (N-methyl/N-ethyl adjacent to an activating group) is 2. The number of piperidine rings is 2. The third-order valence-corrected chi connectivity index (χ3v) is 5.83. The first kappa shape index (κ1) is 15.2. The number of hydrogen-bond acceptors (Lipinski definition) is 10. The lowest BCUT2D eigenvalue weighted by molar-refractivity contribution is -0.140. The third kappa shape index (κ3) is 11.0. The van der Waals surface area contributed by atoms with E-state index >= 15 is 0 Å². The van der Waals surface area contributed by atoms with Crippen molar-refractivity contribution in [3.8, 4) is 0 Å². The summed E-state index contributed by atoms with van der Waals surface area (Å²) in [6, 6.07) is -5.76. The summed E-state index contributed by atoms with van der Waals surface area (Å²) in [6.45, 7) is -16.9. The lowest BCUT2D eigenvalue weighted by atomic mass is 9.92. The highest BCUT2D eigenvalue weighted by atomic mass is 127. The van der Waals surface area contributed by atoms with Gasteiger partial charge in [-0.3, -0.25) is 4.79 Å². The maximum Gasteiger partial charge on any atom is 0.387 e. The minimum absolute atomic E-state index is 0.116. The van der Waals surface area contributed by atoms with Crippen molar-refractivity contribution in [2.45, 2.75) is 45.4 Å². The van der Waals surface area contributed by atoms with E-state index in [4.69, 9.17) is 54.3 Å². The summed E-state index contributed by atoms with van der Waals surface area (Å²) < 4.78 is 258. The largest absolute Gasteiger partial charge is 0.460 e. The van der Waals surface area contributed by atoms with E-state index in [0.717, 1.165) is 6.07 Å². The molecular formula is C35H49IN12O3. The Bertz CT molecular complexity index is 3060. The molecule has 2 fully saturated rings. The quantitative estimate of drug-likeness (QED) is 0.105. The Hall–Kier alpha value is -4.55. The van der Waals surface area contributed by atoms with Crippen LogP contribution >= 0.6 is 22.6 Å². The monoisotopic (exact) mass is 844 g/mol. The average molecular weight is 844 g/mol. The van der Waals surface area contributed by atoms with Gasteiger partial charge in [0.15, 0.2) is 0 Å². The van der Waals surface area contributed by atoms with Gasteiger partial charge in [0.1, 0.15) is 38.3 Å². The van der Waals surface area contributed by atoms with Crippen LogP contribution in [0.15, 0.2) is 37.1 Å². The predicted molar refractivity (Wildman–Crippen MR) is 209 cm³/mol. The molecule has 0 radical (unpaired) electrons. The maximum atomic E-state index is 12.9. The Morgan fingerprint density at radius 2 is 1.61 bits per heavy atom. The number of ether oxygens (including phenoxy) is 1. The van der Waals surface area contributed by atoms with Crippen molar-refractivity contribution in [1.82, 2.24) is 40.1 Å². The lowest BCUT2D eigenvalue weighted by Crippen LogP contribution is -2.53. The van der Waals surface area contributed by atoms with E-state index in [1.807, 2.05) is 22.6 Å². The van der Waals surface area contributed by atoms with E-state index in [0.29, 0.717) is 11.5 Å². The molecule has 4 aromatic rings. The minimum Gasteiger partial charge on any atom is -0.460 e. The molecule has 2 saturated heterocycles. The molecule has 0 unspecified atom stereocenters. The molecule has 0 aliphatic carbocycles. The zero-order valence-corrected chi connectivity index (χ0v) is 28.4. The molecule has 0 saturated carbocycles. The Morgan fingerprint density at radius 3 is 2.16 bits per heavy atom. The molecular weight excluding hydrogens is 763 g/mol. The fourth-order valence-corrected chi connectivity index (χ4v) is 3.72. The van der Waals surface area contributed by atoms with Crippen LogP contribution in [0.25, 0.3) is 31.8 Å². The number of anilines is 2. The molecule has 51 heavy (non-hydrogen) atoms. The molecule has 2 aliphatic rings. The molecule has 16 heteroatoms. The molecule has 4 aromatic heterocycles.